The van der Waals surface area contributed by atoms with Crippen LogP contribution in [0.2, 0.25) is 0 Å². The van der Waals surface area contributed by atoms with Crippen molar-refractivity contribution >= 4 is 22.8 Å². The Morgan fingerprint density at radius 1 is 0.806 bits per heavy atom. The maximum absolute atomic E-state index is 14.0. The van der Waals surface area contributed by atoms with Crippen molar-refractivity contribution < 1.29 is 29.6 Å². The summed E-state index contributed by atoms with van der Waals surface area (Å²) in [6.45, 7) is 5.03. The number of phenols is 1. The second-order valence-corrected chi connectivity index (χ2v) is 16.6. The highest BCUT2D eigenvalue weighted by atomic mass is 16.5. The van der Waals surface area contributed by atoms with Gasteiger partial charge in [-0.25, -0.2) is 4.79 Å². The molecule has 0 radical (unpaired) electrons. The monoisotopic (exact) mass is 835 g/mol. The first-order valence-corrected chi connectivity index (χ1v) is 21.5. The summed E-state index contributed by atoms with van der Waals surface area (Å²) in [5.41, 5.74) is 2.36. The highest BCUT2D eigenvalue weighted by Crippen LogP contribution is 2.35. The van der Waals surface area contributed by atoms with Crippen molar-refractivity contribution in [1.82, 2.24) is 25.1 Å². The number of fused-ring (bicyclic) bond motifs is 1. The van der Waals surface area contributed by atoms with Crippen LogP contribution in [-0.2, 0) is 21.7 Å². The maximum atomic E-state index is 14.0. The molecule has 8 rings (SSSR count). The number of rotatable bonds is 14. The molecule has 4 heterocycles. The summed E-state index contributed by atoms with van der Waals surface area (Å²) in [7, 11) is 0. The van der Waals surface area contributed by atoms with Gasteiger partial charge < -0.3 is 35.3 Å². The minimum atomic E-state index is -2.06. The molecule has 62 heavy (non-hydrogen) atoms. The number of hydrogen-bond acceptors (Lipinski definition) is 10. The summed E-state index contributed by atoms with van der Waals surface area (Å²) in [4.78, 5) is 50.9. The number of aliphatic hydroxyl groups excluding tert-OH is 1. The van der Waals surface area contributed by atoms with Crippen molar-refractivity contribution in [2.45, 2.75) is 43.9 Å². The van der Waals surface area contributed by atoms with Gasteiger partial charge in [-0.05, 0) is 104 Å². The van der Waals surface area contributed by atoms with Gasteiger partial charge in [-0.2, -0.15) is 0 Å². The molecule has 5 N–H and O–H groups in total. The number of hydrogen-bond donors (Lipinski definition) is 5. The number of aromatic nitrogens is 2. The zero-order valence-electron chi connectivity index (χ0n) is 34.7. The lowest BCUT2D eigenvalue weighted by Crippen LogP contribution is -2.41. The molecule has 2 atom stereocenters. The molecule has 0 aliphatic carbocycles. The van der Waals surface area contributed by atoms with E-state index in [4.69, 9.17) is 4.74 Å². The second-order valence-electron chi connectivity index (χ2n) is 16.6. The van der Waals surface area contributed by atoms with Gasteiger partial charge >= 0.3 is 5.97 Å². The van der Waals surface area contributed by atoms with Crippen molar-refractivity contribution in [3.8, 4) is 16.9 Å². The third-order valence-electron chi connectivity index (χ3n) is 12.4. The zero-order chi connectivity index (χ0) is 43.1. The fourth-order valence-electron chi connectivity index (χ4n) is 8.78. The SMILES string of the molecule is O=C(c1cncc(-c2cccc([C@](O)(C(=O)OCC3CCN(Cc4ccccc4)CC3)c3ccccc3)c2)c1)N1CCC(CNC[C@H](O)c2ccc(O)c3[nH]c(=O)ccc23)CC1. The zero-order valence-corrected chi connectivity index (χ0v) is 34.7. The number of pyridine rings is 2. The first kappa shape index (κ1) is 42.5. The van der Waals surface area contributed by atoms with Gasteiger partial charge in [0.05, 0.1) is 23.8 Å². The first-order valence-electron chi connectivity index (χ1n) is 21.5. The third-order valence-corrected chi connectivity index (χ3v) is 12.4. The summed E-state index contributed by atoms with van der Waals surface area (Å²) in [6, 6.07) is 34.3. The predicted octanol–water partition coefficient (Wildman–Crippen LogP) is 6.16. The van der Waals surface area contributed by atoms with Gasteiger partial charge in [0.1, 0.15) is 5.75 Å². The van der Waals surface area contributed by atoms with Crippen LogP contribution >= 0.6 is 0 Å². The van der Waals surface area contributed by atoms with Gasteiger partial charge in [0.2, 0.25) is 11.2 Å². The van der Waals surface area contributed by atoms with Crippen LogP contribution in [0.1, 0.15) is 64.4 Å². The fourth-order valence-corrected chi connectivity index (χ4v) is 8.78. The number of likely N-dealkylation sites (tertiary alicyclic amines) is 2. The minimum Gasteiger partial charge on any atom is -0.506 e. The smallest absolute Gasteiger partial charge is 0.347 e. The molecule has 0 saturated carbocycles. The summed E-state index contributed by atoms with van der Waals surface area (Å²) >= 11 is 0. The molecule has 2 aromatic heterocycles. The number of aromatic hydroxyl groups is 1. The lowest BCUT2D eigenvalue weighted by molar-refractivity contribution is -0.164. The van der Waals surface area contributed by atoms with Crippen molar-refractivity contribution in [3.63, 3.8) is 0 Å². The summed E-state index contributed by atoms with van der Waals surface area (Å²) in [6.07, 6.45) is 5.76. The number of esters is 1. The Morgan fingerprint density at radius 2 is 1.52 bits per heavy atom. The van der Waals surface area contributed by atoms with E-state index in [1.807, 2.05) is 23.1 Å². The van der Waals surface area contributed by atoms with Crippen LogP contribution < -0.4 is 10.9 Å². The van der Waals surface area contributed by atoms with Crippen LogP contribution in [-0.4, -0.2) is 92.8 Å². The molecule has 12 nitrogen and oxygen atoms in total. The molecule has 2 fully saturated rings. The minimum absolute atomic E-state index is 0.0533. The van der Waals surface area contributed by atoms with Crippen LogP contribution in [0.5, 0.6) is 5.75 Å². The molecule has 0 bridgehead atoms. The number of piperidine rings is 2. The molecule has 2 aliphatic heterocycles. The van der Waals surface area contributed by atoms with E-state index >= 15 is 0 Å². The van der Waals surface area contributed by atoms with Crippen molar-refractivity contribution in [2.24, 2.45) is 11.8 Å². The molecular weight excluding hydrogens is 783 g/mol. The van der Waals surface area contributed by atoms with Gasteiger partial charge in [0, 0.05) is 61.2 Å². The quantitative estimate of drug-likeness (QED) is 0.0802. The van der Waals surface area contributed by atoms with Gasteiger partial charge in [0.15, 0.2) is 0 Å². The number of nitrogens with zero attached hydrogens (tertiary/aromatic N) is 3. The second kappa shape index (κ2) is 19.3. The Bertz CT molecular complexity index is 2540. The van der Waals surface area contributed by atoms with E-state index in [0.717, 1.165) is 45.3 Å². The van der Waals surface area contributed by atoms with Crippen molar-refractivity contribution in [2.75, 3.05) is 45.9 Å². The number of carbonyl (C=O) groups is 2. The summed E-state index contributed by atoms with van der Waals surface area (Å²) < 4.78 is 5.95. The highest BCUT2D eigenvalue weighted by molar-refractivity contribution is 5.95. The standard InChI is InChI=1S/C50H53N5O7/c56-44-16-14-42(43-15-17-46(58)53-47(43)44)45(57)31-51-28-34-20-24-55(25-21-34)48(59)39-26-38(29-52-30-39)37-10-7-13-41(27-37)50(61,40-11-5-2-6-12-40)49(60)62-33-36-18-22-54(23-19-36)32-35-8-3-1-4-9-35/h1-17,26-27,29-30,34,36,45,51,56-57,61H,18-25,28,31-33H2,(H,53,58)/t45-,50-/m0/s1. The van der Waals surface area contributed by atoms with Gasteiger partial charge in [-0.1, -0.05) is 84.9 Å². The van der Waals surface area contributed by atoms with Gasteiger partial charge in [0.25, 0.3) is 5.91 Å². The fraction of sp³-hybridized carbons (Fsp3) is 0.320. The summed E-state index contributed by atoms with van der Waals surface area (Å²) in [5.74, 6) is -0.402. The van der Waals surface area contributed by atoms with Gasteiger partial charge in [-0.3, -0.25) is 19.5 Å². The predicted molar refractivity (Wildman–Crippen MR) is 237 cm³/mol. The largest absolute Gasteiger partial charge is 0.506 e. The lowest BCUT2D eigenvalue weighted by Gasteiger charge is -2.33. The normalized spacial score (nSPS) is 16.8. The van der Waals surface area contributed by atoms with E-state index in [9.17, 15) is 29.7 Å². The average Bonchev–Trinajstić information content (AvgIpc) is 3.32. The topological polar surface area (TPSA) is 168 Å². The molecule has 6 aromatic rings. The molecule has 2 aliphatic rings. The van der Waals surface area contributed by atoms with Crippen molar-refractivity contribution in [3.05, 3.63) is 166 Å². The average molecular weight is 836 g/mol. The van der Waals surface area contributed by atoms with E-state index in [-0.39, 0.29) is 36.3 Å². The third kappa shape index (κ3) is 9.64. The van der Waals surface area contributed by atoms with E-state index in [0.29, 0.717) is 69.8 Å². The molecule has 12 heteroatoms. The number of aliphatic hydroxyl groups is 2. The maximum Gasteiger partial charge on any atom is 0.347 e. The van der Waals surface area contributed by atoms with Gasteiger partial charge in [-0.15, -0.1) is 0 Å². The van der Waals surface area contributed by atoms with Crippen LogP contribution in [0.25, 0.3) is 22.0 Å². The van der Waals surface area contributed by atoms with Crippen LogP contribution in [0.3, 0.4) is 0 Å². The van der Waals surface area contributed by atoms with E-state index in [2.05, 4.69) is 44.5 Å². The Hall–Kier alpha value is -6.18. The Balaban J connectivity index is 0.875. The number of amides is 1. The number of ether oxygens (including phenoxy) is 1. The van der Waals surface area contributed by atoms with E-state index < -0.39 is 17.7 Å². The first-order chi connectivity index (χ1) is 30.2. The molecule has 2 saturated heterocycles. The Morgan fingerprint density at radius 3 is 2.27 bits per heavy atom. The summed E-state index contributed by atoms with van der Waals surface area (Å²) in [5, 5.41) is 37.5. The van der Waals surface area contributed by atoms with Crippen molar-refractivity contribution in [1.29, 1.82) is 0 Å². The van der Waals surface area contributed by atoms with E-state index in [1.165, 1.54) is 17.7 Å². The number of aromatic amines is 1. The molecule has 0 unspecified atom stereocenters. The van der Waals surface area contributed by atoms with Crippen LogP contribution in [0.4, 0.5) is 0 Å². The van der Waals surface area contributed by atoms with E-state index in [1.54, 1.807) is 73.1 Å². The number of phenolic OH excluding ortho intramolecular Hbond substituents is 1. The molecular formula is C50H53N5O7. The number of nitrogens with one attached hydrogen (secondary N) is 2. The number of H-pyrrole nitrogens is 1. The Kier molecular flexibility index (Phi) is 13.2. The number of carbonyl (C=O) groups excluding carboxylic acids is 2. The van der Waals surface area contributed by atoms with Crippen LogP contribution in [0, 0.1) is 11.8 Å². The lowest BCUT2D eigenvalue weighted by atomic mass is 9.85. The molecule has 4 aromatic carbocycles. The Labute approximate surface area is 360 Å². The number of benzene rings is 4. The molecule has 1 amide bonds. The highest BCUT2D eigenvalue weighted by Gasteiger charge is 2.42. The van der Waals surface area contributed by atoms with Crippen LogP contribution in [0.15, 0.2) is 132 Å². The molecule has 320 valence electrons. The molecule has 0 spiro atoms.